The summed E-state index contributed by atoms with van der Waals surface area (Å²) in [6.45, 7) is 3.46. The lowest BCUT2D eigenvalue weighted by Crippen LogP contribution is -2.58. The summed E-state index contributed by atoms with van der Waals surface area (Å²) < 4.78 is 0. The molecule has 6 nitrogen and oxygen atoms in total. The highest BCUT2D eigenvalue weighted by Gasteiger charge is 2.37. The number of urea groups is 1. The Bertz CT molecular complexity index is 287. The predicted octanol–water partition coefficient (Wildman–Crippen LogP) is -0.353. The van der Waals surface area contributed by atoms with Crippen molar-refractivity contribution in [2.45, 2.75) is 19.9 Å². The largest absolute Gasteiger partial charge is 0.481 e. The molecular formula is C8H12N2O4. The minimum Gasteiger partial charge on any atom is -0.481 e. The normalized spacial score (nSPS) is 22.5. The van der Waals surface area contributed by atoms with Crippen LogP contribution < -0.4 is 5.32 Å². The number of nitrogens with one attached hydrogen (secondary N) is 1. The SMILES string of the molecule is CC(C)N1CC(C(=O)O)C(=O)NC1=O. The van der Waals surface area contributed by atoms with Crippen LogP contribution in [0.3, 0.4) is 0 Å². The van der Waals surface area contributed by atoms with E-state index in [1.54, 1.807) is 13.8 Å². The standard InChI is InChI=1S/C8H12N2O4/c1-4(2)10-3-5(7(12)13)6(11)9-8(10)14/h4-5H,3H2,1-2H3,(H,12,13)(H,9,11,14). The lowest BCUT2D eigenvalue weighted by atomic mass is 10.1. The molecule has 1 aliphatic heterocycles. The molecule has 0 spiro atoms. The van der Waals surface area contributed by atoms with Crippen LogP contribution in [0.4, 0.5) is 4.79 Å². The van der Waals surface area contributed by atoms with E-state index in [0.717, 1.165) is 0 Å². The molecule has 6 heteroatoms. The van der Waals surface area contributed by atoms with Crippen molar-refractivity contribution in [2.75, 3.05) is 6.54 Å². The van der Waals surface area contributed by atoms with E-state index in [4.69, 9.17) is 5.11 Å². The van der Waals surface area contributed by atoms with E-state index in [2.05, 4.69) is 0 Å². The van der Waals surface area contributed by atoms with Gasteiger partial charge in [-0.3, -0.25) is 14.9 Å². The first-order chi connectivity index (χ1) is 6.43. The second-order valence-corrected chi connectivity index (χ2v) is 3.43. The van der Waals surface area contributed by atoms with Crippen LogP contribution in [-0.4, -0.2) is 40.5 Å². The molecule has 0 aromatic carbocycles. The van der Waals surface area contributed by atoms with Crippen LogP contribution in [0, 0.1) is 5.92 Å². The van der Waals surface area contributed by atoms with Gasteiger partial charge in [-0.05, 0) is 13.8 Å². The van der Waals surface area contributed by atoms with E-state index in [9.17, 15) is 14.4 Å². The van der Waals surface area contributed by atoms with Gasteiger partial charge in [-0.2, -0.15) is 0 Å². The third-order valence-corrected chi connectivity index (χ3v) is 2.11. The van der Waals surface area contributed by atoms with Gasteiger partial charge in [-0.15, -0.1) is 0 Å². The molecule has 1 saturated heterocycles. The maximum absolute atomic E-state index is 11.2. The second kappa shape index (κ2) is 3.65. The van der Waals surface area contributed by atoms with E-state index < -0.39 is 23.8 Å². The van der Waals surface area contributed by atoms with Crippen LogP contribution in [0.25, 0.3) is 0 Å². The monoisotopic (exact) mass is 200 g/mol. The Morgan fingerprint density at radius 2 is 2.14 bits per heavy atom. The second-order valence-electron chi connectivity index (χ2n) is 3.43. The lowest BCUT2D eigenvalue weighted by molar-refractivity contribution is -0.148. The molecule has 3 amide bonds. The maximum atomic E-state index is 11.2. The Morgan fingerprint density at radius 1 is 1.57 bits per heavy atom. The number of aliphatic carboxylic acids is 1. The quantitative estimate of drug-likeness (QED) is 0.596. The number of rotatable bonds is 2. The van der Waals surface area contributed by atoms with Gasteiger partial charge >= 0.3 is 12.0 Å². The Morgan fingerprint density at radius 3 is 2.57 bits per heavy atom. The summed E-state index contributed by atoms with van der Waals surface area (Å²) in [4.78, 5) is 34.3. The van der Waals surface area contributed by atoms with Crippen LogP contribution in [0.5, 0.6) is 0 Å². The highest BCUT2D eigenvalue weighted by Crippen LogP contribution is 2.11. The molecule has 1 aliphatic rings. The van der Waals surface area contributed by atoms with Gasteiger partial charge < -0.3 is 10.0 Å². The van der Waals surface area contributed by atoms with Gasteiger partial charge in [0.15, 0.2) is 5.92 Å². The van der Waals surface area contributed by atoms with Crippen molar-refractivity contribution in [2.24, 2.45) is 5.92 Å². The lowest BCUT2D eigenvalue weighted by Gasteiger charge is -2.32. The zero-order chi connectivity index (χ0) is 10.9. The topological polar surface area (TPSA) is 86.7 Å². The summed E-state index contributed by atoms with van der Waals surface area (Å²) in [7, 11) is 0. The highest BCUT2D eigenvalue weighted by molar-refractivity contribution is 6.06. The van der Waals surface area contributed by atoms with Crippen molar-refractivity contribution >= 4 is 17.9 Å². The fourth-order valence-electron chi connectivity index (χ4n) is 1.26. The number of imide groups is 1. The molecular weight excluding hydrogens is 188 g/mol. The van der Waals surface area contributed by atoms with Crippen LogP contribution in [0.15, 0.2) is 0 Å². The van der Waals surface area contributed by atoms with E-state index in [1.165, 1.54) is 4.90 Å². The van der Waals surface area contributed by atoms with Gasteiger partial charge in [0, 0.05) is 12.6 Å². The Hall–Kier alpha value is -1.59. The zero-order valence-corrected chi connectivity index (χ0v) is 7.98. The summed E-state index contributed by atoms with van der Waals surface area (Å²) in [5, 5.41) is 10.7. The van der Waals surface area contributed by atoms with Crippen LogP contribution in [-0.2, 0) is 9.59 Å². The van der Waals surface area contributed by atoms with E-state index in [-0.39, 0.29) is 12.6 Å². The third kappa shape index (κ3) is 1.84. The number of hydrogen-bond acceptors (Lipinski definition) is 3. The van der Waals surface area contributed by atoms with Crippen molar-refractivity contribution in [3.05, 3.63) is 0 Å². The Kier molecular flexibility index (Phi) is 2.73. The molecule has 1 atom stereocenters. The number of amides is 3. The van der Waals surface area contributed by atoms with Crippen LogP contribution in [0.2, 0.25) is 0 Å². The average Bonchev–Trinajstić information content (AvgIpc) is 2.02. The number of hydrogen-bond donors (Lipinski definition) is 2. The fraction of sp³-hybridized carbons (Fsp3) is 0.625. The number of carbonyl (C=O) groups is 3. The smallest absolute Gasteiger partial charge is 0.324 e. The summed E-state index contributed by atoms with van der Waals surface area (Å²) in [6, 6.07) is -0.646. The maximum Gasteiger partial charge on any atom is 0.324 e. The predicted molar refractivity (Wildman–Crippen MR) is 46.5 cm³/mol. The van der Waals surface area contributed by atoms with Gasteiger partial charge in [0.25, 0.3) is 0 Å². The van der Waals surface area contributed by atoms with Gasteiger partial charge in [0.1, 0.15) is 0 Å². The number of carboxylic acids is 1. The molecule has 78 valence electrons. The summed E-state index contributed by atoms with van der Waals surface area (Å²) in [5.41, 5.74) is 0. The van der Waals surface area contributed by atoms with Crippen molar-refractivity contribution in [1.82, 2.24) is 10.2 Å². The van der Waals surface area contributed by atoms with Crippen LogP contribution >= 0.6 is 0 Å². The van der Waals surface area contributed by atoms with E-state index >= 15 is 0 Å². The minimum atomic E-state index is -1.21. The Balaban J connectivity index is 2.80. The van der Waals surface area contributed by atoms with E-state index in [1.807, 2.05) is 5.32 Å². The first-order valence-corrected chi connectivity index (χ1v) is 4.27. The molecule has 14 heavy (non-hydrogen) atoms. The first-order valence-electron chi connectivity index (χ1n) is 4.27. The number of carboxylic acid groups (broad SMARTS) is 1. The van der Waals surface area contributed by atoms with Gasteiger partial charge in [0.05, 0.1) is 0 Å². The van der Waals surface area contributed by atoms with Gasteiger partial charge in [-0.25, -0.2) is 4.79 Å². The summed E-state index contributed by atoms with van der Waals surface area (Å²) >= 11 is 0. The van der Waals surface area contributed by atoms with Crippen molar-refractivity contribution in [3.8, 4) is 0 Å². The molecule has 0 aliphatic carbocycles. The molecule has 0 bridgehead atoms. The molecule has 1 fully saturated rings. The fourth-order valence-corrected chi connectivity index (χ4v) is 1.26. The highest BCUT2D eigenvalue weighted by atomic mass is 16.4. The van der Waals surface area contributed by atoms with Crippen molar-refractivity contribution in [1.29, 1.82) is 0 Å². The molecule has 0 saturated carbocycles. The molecule has 0 aromatic rings. The molecule has 1 heterocycles. The summed E-state index contributed by atoms with van der Waals surface area (Å²) in [5.74, 6) is -3.10. The van der Waals surface area contributed by atoms with Gasteiger partial charge in [0.2, 0.25) is 5.91 Å². The average molecular weight is 200 g/mol. The van der Waals surface area contributed by atoms with Crippen molar-refractivity contribution < 1.29 is 19.5 Å². The number of nitrogens with zero attached hydrogens (tertiary/aromatic N) is 1. The number of carbonyl (C=O) groups excluding carboxylic acids is 2. The first kappa shape index (κ1) is 10.5. The molecule has 0 aromatic heterocycles. The third-order valence-electron chi connectivity index (χ3n) is 2.11. The molecule has 0 radical (unpaired) electrons. The van der Waals surface area contributed by atoms with Crippen LogP contribution in [0.1, 0.15) is 13.8 Å². The summed E-state index contributed by atoms with van der Waals surface area (Å²) in [6.07, 6.45) is 0. The van der Waals surface area contributed by atoms with Crippen molar-refractivity contribution in [3.63, 3.8) is 0 Å². The zero-order valence-electron chi connectivity index (χ0n) is 7.98. The minimum absolute atomic E-state index is 0.0579. The molecule has 1 rings (SSSR count). The van der Waals surface area contributed by atoms with Gasteiger partial charge in [-0.1, -0.05) is 0 Å². The molecule has 1 unspecified atom stereocenters. The Labute approximate surface area is 80.9 Å². The van der Waals surface area contributed by atoms with E-state index in [0.29, 0.717) is 0 Å². The molecule has 2 N–H and O–H groups in total.